The maximum absolute atomic E-state index is 6.55. The summed E-state index contributed by atoms with van der Waals surface area (Å²) in [7, 11) is 0. The number of fused-ring (bicyclic) bond motifs is 1. The van der Waals surface area contributed by atoms with Crippen molar-refractivity contribution < 1.29 is 0 Å². The molecule has 1 aromatic rings. The van der Waals surface area contributed by atoms with Crippen LogP contribution in [0.2, 0.25) is 0 Å². The lowest BCUT2D eigenvalue weighted by Crippen LogP contribution is -2.27. The van der Waals surface area contributed by atoms with E-state index in [1.165, 1.54) is 43.4 Å². The van der Waals surface area contributed by atoms with Gasteiger partial charge in [-0.15, -0.1) is 0 Å². The molecule has 1 saturated carbocycles. The molecule has 1 unspecified atom stereocenters. The molecule has 1 atom stereocenters. The Labute approximate surface area is 133 Å². The summed E-state index contributed by atoms with van der Waals surface area (Å²) in [6, 6.07) is 8.79. The van der Waals surface area contributed by atoms with Crippen LogP contribution in [0.3, 0.4) is 0 Å². The van der Waals surface area contributed by atoms with E-state index in [1.54, 1.807) is 0 Å². The third kappa shape index (κ3) is 3.11. The molecule has 1 fully saturated rings. The molecule has 2 aliphatic rings. The molecule has 1 heterocycles. The topological polar surface area (TPSA) is 15.6 Å². The molecular formula is C18H25ClN2. The van der Waals surface area contributed by atoms with Gasteiger partial charge in [-0.05, 0) is 24.8 Å². The molecule has 0 radical (unpaired) electrons. The Balaban J connectivity index is 2.03. The maximum atomic E-state index is 6.55. The summed E-state index contributed by atoms with van der Waals surface area (Å²) in [6.07, 6.45) is 6.60. The fraction of sp³-hybridized carbons (Fsp3) is 0.611. The van der Waals surface area contributed by atoms with Gasteiger partial charge < -0.3 is 0 Å². The van der Waals surface area contributed by atoms with Crippen molar-refractivity contribution >= 4 is 23.2 Å². The van der Waals surface area contributed by atoms with Crippen molar-refractivity contribution in [1.29, 1.82) is 0 Å². The molecule has 1 aliphatic heterocycles. The third-order valence-electron chi connectivity index (χ3n) is 4.86. The van der Waals surface area contributed by atoms with E-state index in [4.69, 9.17) is 16.8 Å². The number of nitrogens with zero attached hydrogens (tertiary/aromatic N) is 2. The monoisotopic (exact) mass is 304 g/mol. The molecule has 114 valence electrons. The third-order valence-corrected chi connectivity index (χ3v) is 5.18. The fourth-order valence-corrected chi connectivity index (χ4v) is 3.80. The van der Waals surface area contributed by atoms with Gasteiger partial charge >= 0.3 is 0 Å². The number of anilines is 1. The summed E-state index contributed by atoms with van der Waals surface area (Å²) < 4.78 is 1.87. The van der Waals surface area contributed by atoms with Gasteiger partial charge in [0.1, 0.15) is 0 Å². The average molecular weight is 305 g/mol. The summed E-state index contributed by atoms with van der Waals surface area (Å²) in [5, 5.41) is 0. The van der Waals surface area contributed by atoms with Crippen LogP contribution in [0.4, 0.5) is 5.69 Å². The Kier molecular flexibility index (Phi) is 4.54. The number of para-hydroxylation sites is 1. The van der Waals surface area contributed by atoms with Gasteiger partial charge in [0.2, 0.25) is 0 Å². The van der Waals surface area contributed by atoms with Gasteiger partial charge in [0, 0.05) is 29.0 Å². The largest absolute Gasteiger partial charge is 0.283 e. The quantitative estimate of drug-likeness (QED) is 0.698. The van der Waals surface area contributed by atoms with E-state index in [9.17, 15) is 0 Å². The van der Waals surface area contributed by atoms with Crippen molar-refractivity contribution in [2.24, 2.45) is 16.8 Å². The Morgan fingerprint density at radius 1 is 1.14 bits per heavy atom. The van der Waals surface area contributed by atoms with Crippen LogP contribution >= 0.6 is 11.8 Å². The van der Waals surface area contributed by atoms with E-state index < -0.39 is 0 Å². The van der Waals surface area contributed by atoms with Gasteiger partial charge in [-0.1, -0.05) is 51.3 Å². The maximum Gasteiger partial charge on any atom is 0.0715 e. The van der Waals surface area contributed by atoms with Crippen molar-refractivity contribution in [3.63, 3.8) is 0 Å². The first kappa shape index (κ1) is 14.9. The zero-order chi connectivity index (χ0) is 14.8. The summed E-state index contributed by atoms with van der Waals surface area (Å²) in [4.78, 5) is 5.18. The van der Waals surface area contributed by atoms with E-state index in [0.717, 1.165) is 12.2 Å². The van der Waals surface area contributed by atoms with Gasteiger partial charge in [-0.2, -0.15) is 0 Å². The minimum Gasteiger partial charge on any atom is -0.283 e. The lowest BCUT2D eigenvalue weighted by molar-refractivity contribution is 0.434. The van der Waals surface area contributed by atoms with Crippen LogP contribution in [0.25, 0.3) is 0 Å². The van der Waals surface area contributed by atoms with Crippen LogP contribution in [0.5, 0.6) is 0 Å². The minimum atomic E-state index is 0.284. The molecule has 3 rings (SSSR count). The predicted octanol–water partition coefficient (Wildman–Crippen LogP) is 5.05. The Morgan fingerprint density at radius 3 is 2.57 bits per heavy atom. The molecule has 0 saturated heterocycles. The normalized spacial score (nSPS) is 23.7. The molecule has 0 aromatic heterocycles. The van der Waals surface area contributed by atoms with Crippen LogP contribution in [-0.4, -0.2) is 18.3 Å². The number of rotatable bonds is 2. The second-order valence-electron chi connectivity index (χ2n) is 6.72. The molecule has 21 heavy (non-hydrogen) atoms. The number of hydrogen-bond donors (Lipinski definition) is 0. The SMILES string of the molecule is CC(C)C1CN(Cl)c2ccccc2C(C2CCCCC2)=N1. The zero-order valence-electron chi connectivity index (χ0n) is 13.1. The first-order valence-electron chi connectivity index (χ1n) is 8.27. The molecule has 0 bridgehead atoms. The number of benzene rings is 1. The Hall–Kier alpha value is -1.02. The average Bonchev–Trinajstić information content (AvgIpc) is 2.66. The molecule has 0 N–H and O–H groups in total. The molecule has 3 heteroatoms. The highest BCUT2D eigenvalue weighted by Crippen LogP contribution is 2.35. The van der Waals surface area contributed by atoms with E-state index in [0.29, 0.717) is 11.8 Å². The molecule has 2 nitrogen and oxygen atoms in total. The lowest BCUT2D eigenvalue weighted by Gasteiger charge is -2.25. The predicted molar refractivity (Wildman–Crippen MR) is 91.4 cm³/mol. The Morgan fingerprint density at radius 2 is 1.86 bits per heavy atom. The summed E-state index contributed by atoms with van der Waals surface area (Å²) in [5.74, 6) is 1.13. The van der Waals surface area contributed by atoms with Gasteiger partial charge in [0.05, 0.1) is 18.3 Å². The minimum absolute atomic E-state index is 0.284. The number of halogens is 1. The van der Waals surface area contributed by atoms with Crippen LogP contribution in [-0.2, 0) is 0 Å². The molecule has 0 amide bonds. The highest BCUT2D eigenvalue weighted by molar-refractivity contribution is 6.27. The fourth-order valence-electron chi connectivity index (χ4n) is 3.51. The van der Waals surface area contributed by atoms with E-state index in [2.05, 4.69) is 38.1 Å². The van der Waals surface area contributed by atoms with Crippen molar-refractivity contribution in [1.82, 2.24) is 0 Å². The van der Waals surface area contributed by atoms with E-state index >= 15 is 0 Å². The van der Waals surface area contributed by atoms with E-state index in [-0.39, 0.29) is 6.04 Å². The standard InChI is InChI=1S/C18H25ClN2/c1-13(2)16-12-21(19)17-11-7-6-10-15(17)18(20-16)14-8-4-3-5-9-14/h6-7,10-11,13-14,16H,3-5,8-9,12H2,1-2H3. The van der Waals surface area contributed by atoms with Crippen LogP contribution < -0.4 is 4.42 Å². The number of benzodiazepines with no additional fused rings is 1. The zero-order valence-corrected chi connectivity index (χ0v) is 13.8. The Bertz CT molecular complexity index is 518. The van der Waals surface area contributed by atoms with Crippen LogP contribution in [0, 0.1) is 11.8 Å². The first-order valence-corrected chi connectivity index (χ1v) is 8.61. The first-order chi connectivity index (χ1) is 10.2. The second-order valence-corrected chi connectivity index (χ2v) is 7.13. The molecule has 1 aliphatic carbocycles. The van der Waals surface area contributed by atoms with Crippen molar-refractivity contribution in [2.75, 3.05) is 11.0 Å². The highest BCUT2D eigenvalue weighted by Gasteiger charge is 2.29. The summed E-state index contributed by atoms with van der Waals surface area (Å²) in [6.45, 7) is 5.28. The second kappa shape index (κ2) is 6.39. The van der Waals surface area contributed by atoms with Crippen molar-refractivity contribution in [3.05, 3.63) is 29.8 Å². The number of hydrogen-bond acceptors (Lipinski definition) is 2. The summed E-state index contributed by atoms with van der Waals surface area (Å²) >= 11 is 6.55. The summed E-state index contributed by atoms with van der Waals surface area (Å²) in [5.41, 5.74) is 3.70. The van der Waals surface area contributed by atoms with Crippen molar-refractivity contribution in [3.8, 4) is 0 Å². The van der Waals surface area contributed by atoms with Crippen LogP contribution in [0.1, 0.15) is 51.5 Å². The smallest absolute Gasteiger partial charge is 0.0715 e. The molecule has 1 aromatic carbocycles. The van der Waals surface area contributed by atoms with Crippen LogP contribution in [0.15, 0.2) is 29.3 Å². The number of aliphatic imine (C=N–C) groups is 1. The van der Waals surface area contributed by atoms with Crippen molar-refractivity contribution in [2.45, 2.75) is 52.0 Å². The van der Waals surface area contributed by atoms with Gasteiger partial charge in [0.15, 0.2) is 0 Å². The van der Waals surface area contributed by atoms with E-state index in [1.807, 2.05) is 4.42 Å². The molecular weight excluding hydrogens is 280 g/mol. The lowest BCUT2D eigenvalue weighted by atomic mass is 9.82. The molecule has 0 spiro atoms. The highest BCUT2D eigenvalue weighted by atomic mass is 35.5. The van der Waals surface area contributed by atoms with Gasteiger partial charge in [-0.3, -0.25) is 9.41 Å². The van der Waals surface area contributed by atoms with Gasteiger partial charge in [-0.25, -0.2) is 0 Å². The van der Waals surface area contributed by atoms with Gasteiger partial charge in [0.25, 0.3) is 0 Å².